The quantitative estimate of drug-likeness (QED) is 0.363. The Balaban J connectivity index is 1.90. The van der Waals surface area contributed by atoms with Gasteiger partial charge in [-0.3, -0.25) is 0 Å². The molecule has 0 amide bonds. The molecule has 3 fully saturated rings. The molecule has 0 bridgehead atoms. The minimum Gasteiger partial charge on any atom is -0.457 e. The molecule has 4 nitrogen and oxygen atoms in total. The average Bonchev–Trinajstić information content (AvgIpc) is 2.59. The molecule has 0 aromatic rings. The number of ether oxygens (including phenoxy) is 2. The normalized spacial score (nSPS) is 58.6. The largest absolute Gasteiger partial charge is 0.457 e. The fourth-order valence-corrected chi connectivity index (χ4v) is 2.12. The highest BCUT2D eigenvalue weighted by molar-refractivity contribution is 5.77. The summed E-state index contributed by atoms with van der Waals surface area (Å²) in [7, 11) is 0. The van der Waals surface area contributed by atoms with Crippen molar-refractivity contribution in [1.29, 1.82) is 0 Å². The highest BCUT2D eigenvalue weighted by Crippen LogP contribution is 2.48. The van der Waals surface area contributed by atoms with Crippen LogP contribution in [0.3, 0.4) is 0 Å². The summed E-state index contributed by atoms with van der Waals surface area (Å²) >= 11 is 0. The van der Waals surface area contributed by atoms with Gasteiger partial charge in [-0.2, -0.15) is 0 Å². The molecule has 0 unspecified atom stereocenters. The number of esters is 1. The molecule has 11 heavy (non-hydrogen) atoms. The van der Waals surface area contributed by atoms with Crippen molar-refractivity contribution in [2.24, 2.45) is 5.92 Å². The van der Waals surface area contributed by atoms with E-state index in [9.17, 15) is 9.90 Å². The van der Waals surface area contributed by atoms with Crippen molar-refractivity contribution in [3.63, 3.8) is 0 Å². The number of aliphatic hydroxyl groups excluding tert-OH is 1. The molecule has 2 heterocycles. The molecule has 0 radical (unpaired) electrons. The van der Waals surface area contributed by atoms with E-state index in [1.807, 2.05) is 0 Å². The van der Waals surface area contributed by atoms with Gasteiger partial charge in [0.05, 0.1) is 6.10 Å². The number of epoxide rings is 1. The number of aliphatic hydroxyl groups is 1. The Morgan fingerprint density at radius 2 is 2.27 bits per heavy atom. The predicted molar refractivity (Wildman–Crippen MR) is 32.7 cm³/mol. The Hall–Kier alpha value is -0.610. The average molecular weight is 156 g/mol. The predicted octanol–water partition coefficient (Wildman–Crippen LogP) is -0.940. The van der Waals surface area contributed by atoms with E-state index in [2.05, 4.69) is 0 Å². The second-order valence-corrected chi connectivity index (χ2v) is 3.39. The van der Waals surface area contributed by atoms with Crippen LogP contribution in [0.25, 0.3) is 0 Å². The maximum Gasteiger partial charge on any atom is 0.335 e. The van der Waals surface area contributed by atoms with Gasteiger partial charge in [0.25, 0.3) is 0 Å². The zero-order valence-corrected chi connectivity index (χ0v) is 5.77. The van der Waals surface area contributed by atoms with Crippen molar-refractivity contribution in [3.05, 3.63) is 0 Å². The van der Waals surface area contributed by atoms with Crippen LogP contribution in [0, 0.1) is 5.92 Å². The summed E-state index contributed by atoms with van der Waals surface area (Å²) in [4.78, 5) is 10.8. The Morgan fingerprint density at radius 3 is 3.00 bits per heavy atom. The maximum absolute atomic E-state index is 10.8. The second kappa shape index (κ2) is 1.59. The SMILES string of the molecule is O=C1O[C@@H]2[C@@H](C[C@@H]3O[C@H]23)[C@@H]1O. The molecule has 5 atom stereocenters. The fraction of sp³-hybridized carbons (Fsp3) is 0.857. The van der Waals surface area contributed by atoms with E-state index >= 15 is 0 Å². The van der Waals surface area contributed by atoms with Crippen molar-refractivity contribution >= 4 is 5.97 Å². The summed E-state index contributed by atoms with van der Waals surface area (Å²) in [5, 5.41) is 9.28. The van der Waals surface area contributed by atoms with Crippen molar-refractivity contribution in [1.82, 2.24) is 0 Å². The number of rotatable bonds is 0. The maximum atomic E-state index is 10.8. The van der Waals surface area contributed by atoms with E-state index in [-0.39, 0.29) is 24.2 Å². The lowest BCUT2D eigenvalue weighted by Crippen LogP contribution is -2.24. The first-order valence-electron chi connectivity index (χ1n) is 3.81. The molecule has 3 aliphatic rings. The molecule has 60 valence electrons. The number of hydrogen-bond acceptors (Lipinski definition) is 4. The monoisotopic (exact) mass is 156 g/mol. The first-order chi connectivity index (χ1) is 5.27. The van der Waals surface area contributed by atoms with E-state index in [1.54, 1.807) is 0 Å². The van der Waals surface area contributed by atoms with Crippen molar-refractivity contribution in [3.8, 4) is 0 Å². The van der Waals surface area contributed by atoms with Crippen molar-refractivity contribution in [2.45, 2.75) is 30.8 Å². The summed E-state index contributed by atoms with van der Waals surface area (Å²) < 4.78 is 10.1. The molecule has 0 spiro atoms. The molecule has 2 aliphatic heterocycles. The second-order valence-electron chi connectivity index (χ2n) is 3.39. The third-order valence-electron chi connectivity index (χ3n) is 2.77. The van der Waals surface area contributed by atoms with E-state index in [1.165, 1.54) is 0 Å². The van der Waals surface area contributed by atoms with Gasteiger partial charge >= 0.3 is 5.97 Å². The van der Waals surface area contributed by atoms with Crippen molar-refractivity contribution in [2.75, 3.05) is 0 Å². The molecule has 1 N–H and O–H groups in total. The summed E-state index contributed by atoms with van der Waals surface area (Å²) in [6.07, 6.45) is 0.0927. The van der Waals surface area contributed by atoms with Gasteiger partial charge in [0.1, 0.15) is 12.2 Å². The minimum absolute atomic E-state index is 0.00579. The van der Waals surface area contributed by atoms with Crippen LogP contribution < -0.4 is 0 Å². The van der Waals surface area contributed by atoms with Gasteiger partial charge < -0.3 is 14.6 Å². The van der Waals surface area contributed by atoms with Crippen LogP contribution in [0.4, 0.5) is 0 Å². The lowest BCUT2D eigenvalue weighted by atomic mass is 10.0. The van der Waals surface area contributed by atoms with Gasteiger partial charge in [0, 0.05) is 5.92 Å². The van der Waals surface area contributed by atoms with Crippen LogP contribution in [-0.4, -0.2) is 35.5 Å². The lowest BCUT2D eigenvalue weighted by Gasteiger charge is -2.09. The topological polar surface area (TPSA) is 59.1 Å². The van der Waals surface area contributed by atoms with Gasteiger partial charge in [-0.25, -0.2) is 4.79 Å². The molecule has 1 saturated carbocycles. The highest BCUT2D eigenvalue weighted by atomic mass is 16.6. The van der Waals surface area contributed by atoms with Crippen LogP contribution in [0.2, 0.25) is 0 Å². The van der Waals surface area contributed by atoms with Crippen LogP contribution >= 0.6 is 0 Å². The van der Waals surface area contributed by atoms with Crippen LogP contribution in [-0.2, 0) is 14.3 Å². The van der Waals surface area contributed by atoms with Gasteiger partial charge in [0.15, 0.2) is 6.10 Å². The first-order valence-corrected chi connectivity index (χ1v) is 3.81. The number of carbonyl (C=O) groups excluding carboxylic acids is 1. The van der Waals surface area contributed by atoms with E-state index in [0.29, 0.717) is 0 Å². The minimum atomic E-state index is -0.892. The Bertz CT molecular complexity index is 226. The molecule has 1 aliphatic carbocycles. The standard InChI is InChI=1S/C7H8O4/c8-4-2-1-3-6(10-3)5(2)11-7(4)9/h2-6,8H,1H2/t2-,3-,4-,5+,6-/m0/s1. The molecular weight excluding hydrogens is 148 g/mol. The zero-order chi connectivity index (χ0) is 7.59. The van der Waals surface area contributed by atoms with Crippen LogP contribution in [0.15, 0.2) is 0 Å². The highest BCUT2D eigenvalue weighted by Gasteiger charge is 2.63. The molecule has 2 saturated heterocycles. The van der Waals surface area contributed by atoms with E-state index in [4.69, 9.17) is 9.47 Å². The zero-order valence-electron chi connectivity index (χ0n) is 5.77. The molecule has 4 heteroatoms. The first kappa shape index (κ1) is 5.97. The van der Waals surface area contributed by atoms with Gasteiger partial charge in [-0.15, -0.1) is 0 Å². The van der Waals surface area contributed by atoms with E-state index in [0.717, 1.165) is 6.42 Å². The van der Waals surface area contributed by atoms with Gasteiger partial charge in [-0.1, -0.05) is 0 Å². The number of fused-ring (bicyclic) bond motifs is 3. The smallest absolute Gasteiger partial charge is 0.335 e. The van der Waals surface area contributed by atoms with Gasteiger partial charge in [-0.05, 0) is 6.42 Å². The fourth-order valence-electron chi connectivity index (χ4n) is 2.12. The van der Waals surface area contributed by atoms with Crippen molar-refractivity contribution < 1.29 is 19.4 Å². The van der Waals surface area contributed by atoms with Gasteiger partial charge in [0.2, 0.25) is 0 Å². The Kier molecular flexibility index (Phi) is 0.863. The summed E-state index contributed by atoms with van der Waals surface area (Å²) in [6, 6.07) is 0. The molecule has 0 aromatic heterocycles. The van der Waals surface area contributed by atoms with Crippen LogP contribution in [0.5, 0.6) is 0 Å². The summed E-state index contributed by atoms with van der Waals surface area (Å²) in [5.41, 5.74) is 0. The molecular formula is C7H8O4. The molecule has 0 aromatic carbocycles. The number of carbonyl (C=O) groups is 1. The third kappa shape index (κ3) is 0.594. The Morgan fingerprint density at radius 1 is 1.45 bits per heavy atom. The third-order valence-corrected chi connectivity index (χ3v) is 2.77. The van der Waals surface area contributed by atoms with Crippen LogP contribution in [0.1, 0.15) is 6.42 Å². The Labute approximate surface area is 63.1 Å². The number of hydrogen-bond donors (Lipinski definition) is 1. The molecule has 3 rings (SSSR count). The lowest BCUT2D eigenvalue weighted by molar-refractivity contribution is -0.147. The summed E-state index contributed by atoms with van der Waals surface area (Å²) in [5.74, 6) is -0.472. The summed E-state index contributed by atoms with van der Waals surface area (Å²) in [6.45, 7) is 0. The van der Waals surface area contributed by atoms with E-state index < -0.39 is 12.1 Å².